The molecule has 1 saturated carbocycles. The summed E-state index contributed by atoms with van der Waals surface area (Å²) in [4.78, 5) is 15.5. The molecule has 4 rings (SSSR count). The number of nitrogens with zero attached hydrogens (tertiary/aromatic N) is 1. The Balaban J connectivity index is 1.42. The number of benzene rings is 2. The normalized spacial score (nSPS) is 23.6. The Kier molecular flexibility index (Phi) is 6.09. The fourth-order valence-electron chi connectivity index (χ4n) is 4.44. The lowest BCUT2D eigenvalue weighted by Gasteiger charge is -2.35. The van der Waals surface area contributed by atoms with Crippen LogP contribution >= 0.6 is 15.9 Å². The van der Waals surface area contributed by atoms with Crippen LogP contribution in [0.4, 0.5) is 0 Å². The number of morpholine rings is 1. The van der Waals surface area contributed by atoms with Crippen molar-refractivity contribution in [1.29, 1.82) is 0 Å². The lowest BCUT2D eigenvalue weighted by molar-refractivity contribution is -0.123. The van der Waals surface area contributed by atoms with Crippen molar-refractivity contribution in [1.82, 2.24) is 10.2 Å². The lowest BCUT2D eigenvalue weighted by Crippen LogP contribution is -2.45. The first-order chi connectivity index (χ1) is 14.0. The third kappa shape index (κ3) is 4.73. The maximum absolute atomic E-state index is 13.0. The van der Waals surface area contributed by atoms with Crippen molar-refractivity contribution in [2.24, 2.45) is 0 Å². The largest absolute Gasteiger partial charge is 0.373 e. The van der Waals surface area contributed by atoms with E-state index < -0.39 is 0 Å². The second kappa shape index (κ2) is 8.58. The molecule has 1 aliphatic heterocycles. The topological polar surface area (TPSA) is 41.6 Å². The van der Waals surface area contributed by atoms with Crippen LogP contribution in [-0.2, 0) is 28.0 Å². The highest BCUT2D eigenvalue weighted by Crippen LogP contribution is 2.48. The Labute approximate surface area is 181 Å². The highest BCUT2D eigenvalue weighted by molar-refractivity contribution is 9.10. The molecule has 2 aromatic carbocycles. The van der Waals surface area contributed by atoms with E-state index >= 15 is 0 Å². The van der Waals surface area contributed by atoms with Gasteiger partial charge in [-0.1, -0.05) is 52.3 Å². The quantitative estimate of drug-likeness (QED) is 0.699. The van der Waals surface area contributed by atoms with Crippen molar-refractivity contribution < 1.29 is 9.53 Å². The molecule has 29 heavy (non-hydrogen) atoms. The van der Waals surface area contributed by atoms with Gasteiger partial charge in [0.2, 0.25) is 5.91 Å². The highest BCUT2D eigenvalue weighted by atomic mass is 79.9. The van der Waals surface area contributed by atoms with E-state index in [1.165, 1.54) is 11.1 Å². The van der Waals surface area contributed by atoms with Gasteiger partial charge in [-0.25, -0.2) is 0 Å². The number of halogens is 1. The molecule has 1 saturated heterocycles. The first-order valence-electron chi connectivity index (χ1n) is 10.5. The number of carbonyl (C=O) groups is 1. The maximum atomic E-state index is 13.0. The number of hydrogen-bond acceptors (Lipinski definition) is 3. The summed E-state index contributed by atoms with van der Waals surface area (Å²) in [5, 5.41) is 3.22. The van der Waals surface area contributed by atoms with Gasteiger partial charge in [0, 0.05) is 30.7 Å². The number of hydrogen-bond donors (Lipinski definition) is 1. The third-order valence-corrected chi connectivity index (χ3v) is 6.50. The van der Waals surface area contributed by atoms with Gasteiger partial charge in [-0.05, 0) is 55.5 Å². The molecule has 0 bridgehead atoms. The summed E-state index contributed by atoms with van der Waals surface area (Å²) in [6.07, 6.45) is 2.34. The van der Waals surface area contributed by atoms with Crippen LogP contribution in [0.5, 0.6) is 0 Å². The SMILES string of the molecule is CC1CN(Cc2ccccc2CNC(=O)C2(c3cccc(Br)c3)CC2)CC(C)O1. The van der Waals surface area contributed by atoms with Crippen molar-refractivity contribution in [3.63, 3.8) is 0 Å². The Hall–Kier alpha value is -1.69. The average Bonchev–Trinajstić information content (AvgIpc) is 3.48. The molecule has 1 N–H and O–H groups in total. The predicted octanol–water partition coefficient (Wildman–Crippen LogP) is 4.41. The fourth-order valence-corrected chi connectivity index (χ4v) is 4.84. The van der Waals surface area contributed by atoms with Gasteiger partial charge < -0.3 is 10.1 Å². The second-order valence-corrected chi connectivity index (χ2v) is 9.41. The van der Waals surface area contributed by atoms with Gasteiger partial charge in [0.15, 0.2) is 0 Å². The minimum Gasteiger partial charge on any atom is -0.373 e. The minimum atomic E-state index is -0.353. The van der Waals surface area contributed by atoms with Crippen molar-refractivity contribution in [2.75, 3.05) is 13.1 Å². The molecule has 0 radical (unpaired) electrons. The highest BCUT2D eigenvalue weighted by Gasteiger charge is 2.51. The molecule has 2 atom stereocenters. The third-order valence-electron chi connectivity index (χ3n) is 6.01. The molecular weight excluding hydrogens is 428 g/mol. The lowest BCUT2D eigenvalue weighted by atomic mass is 9.95. The number of ether oxygens (including phenoxy) is 1. The van der Waals surface area contributed by atoms with Crippen LogP contribution < -0.4 is 5.32 Å². The molecule has 4 nitrogen and oxygen atoms in total. The van der Waals surface area contributed by atoms with Gasteiger partial charge in [0.1, 0.15) is 0 Å². The molecule has 2 aliphatic rings. The zero-order valence-corrected chi connectivity index (χ0v) is 18.7. The number of rotatable bonds is 6. The van der Waals surface area contributed by atoms with Crippen molar-refractivity contribution in [2.45, 2.75) is 57.4 Å². The van der Waals surface area contributed by atoms with E-state index in [0.29, 0.717) is 6.54 Å². The van der Waals surface area contributed by atoms with Crippen LogP contribution in [-0.4, -0.2) is 36.1 Å². The molecule has 1 amide bonds. The standard InChI is InChI=1S/C24H29BrN2O2/c1-17-14-27(15-18(2)29-17)16-20-7-4-3-6-19(20)13-26-23(28)24(10-11-24)21-8-5-9-22(25)12-21/h3-9,12,17-18H,10-11,13-16H2,1-2H3,(H,26,28). The Morgan fingerprint density at radius 1 is 1.10 bits per heavy atom. The molecule has 2 fully saturated rings. The van der Waals surface area contributed by atoms with Crippen LogP contribution in [0.25, 0.3) is 0 Å². The first kappa shape index (κ1) is 20.6. The molecule has 5 heteroatoms. The molecule has 2 aromatic rings. The zero-order chi connectivity index (χ0) is 20.4. The summed E-state index contributed by atoms with van der Waals surface area (Å²) < 4.78 is 6.88. The predicted molar refractivity (Wildman–Crippen MR) is 119 cm³/mol. The van der Waals surface area contributed by atoms with Gasteiger partial charge in [-0.3, -0.25) is 9.69 Å². The van der Waals surface area contributed by atoms with E-state index in [-0.39, 0.29) is 23.5 Å². The van der Waals surface area contributed by atoms with Crippen LogP contribution in [0.15, 0.2) is 53.0 Å². The number of amides is 1. The van der Waals surface area contributed by atoms with Gasteiger partial charge in [-0.15, -0.1) is 0 Å². The monoisotopic (exact) mass is 456 g/mol. The summed E-state index contributed by atoms with van der Waals surface area (Å²) in [5.41, 5.74) is 3.22. The summed E-state index contributed by atoms with van der Waals surface area (Å²) in [6, 6.07) is 16.6. The fraction of sp³-hybridized carbons (Fsp3) is 0.458. The summed E-state index contributed by atoms with van der Waals surface area (Å²) in [5.74, 6) is 0.138. The summed E-state index contributed by atoms with van der Waals surface area (Å²) >= 11 is 3.53. The van der Waals surface area contributed by atoms with E-state index in [1.54, 1.807) is 0 Å². The van der Waals surface area contributed by atoms with Crippen molar-refractivity contribution in [3.8, 4) is 0 Å². The van der Waals surface area contributed by atoms with Crippen LogP contribution in [0.1, 0.15) is 43.4 Å². The number of carbonyl (C=O) groups excluding carboxylic acids is 1. The Morgan fingerprint density at radius 2 is 1.79 bits per heavy atom. The van der Waals surface area contributed by atoms with Crippen molar-refractivity contribution in [3.05, 3.63) is 69.7 Å². The van der Waals surface area contributed by atoms with Crippen LogP contribution in [0.2, 0.25) is 0 Å². The molecule has 1 heterocycles. The van der Waals surface area contributed by atoms with E-state index in [2.05, 4.69) is 76.4 Å². The molecule has 2 unspecified atom stereocenters. The smallest absolute Gasteiger partial charge is 0.230 e. The first-order valence-corrected chi connectivity index (χ1v) is 11.2. The van der Waals surface area contributed by atoms with Gasteiger partial charge in [0.25, 0.3) is 0 Å². The van der Waals surface area contributed by atoms with Crippen LogP contribution in [0.3, 0.4) is 0 Å². The molecule has 1 aliphatic carbocycles. The zero-order valence-electron chi connectivity index (χ0n) is 17.2. The van der Waals surface area contributed by atoms with Gasteiger partial charge >= 0.3 is 0 Å². The molecule has 0 spiro atoms. The van der Waals surface area contributed by atoms with E-state index in [1.807, 2.05) is 12.1 Å². The van der Waals surface area contributed by atoms with Gasteiger partial charge in [0.05, 0.1) is 17.6 Å². The second-order valence-electron chi connectivity index (χ2n) is 8.50. The number of nitrogens with one attached hydrogen (secondary N) is 1. The van der Waals surface area contributed by atoms with E-state index in [4.69, 9.17) is 4.74 Å². The van der Waals surface area contributed by atoms with Crippen molar-refractivity contribution >= 4 is 21.8 Å². The average molecular weight is 457 g/mol. The van der Waals surface area contributed by atoms with Gasteiger partial charge in [-0.2, -0.15) is 0 Å². The molecular formula is C24H29BrN2O2. The van der Waals surface area contributed by atoms with E-state index in [9.17, 15) is 4.79 Å². The summed E-state index contributed by atoms with van der Waals surface area (Å²) in [7, 11) is 0. The summed E-state index contributed by atoms with van der Waals surface area (Å²) in [6.45, 7) is 7.60. The minimum absolute atomic E-state index is 0.138. The van der Waals surface area contributed by atoms with Crippen LogP contribution in [0, 0.1) is 0 Å². The Morgan fingerprint density at radius 3 is 2.45 bits per heavy atom. The molecule has 0 aromatic heterocycles. The molecule has 154 valence electrons. The maximum Gasteiger partial charge on any atom is 0.230 e. The Bertz CT molecular complexity index is 871. The van der Waals surface area contributed by atoms with E-state index in [0.717, 1.165) is 42.5 Å².